The van der Waals surface area contributed by atoms with E-state index in [9.17, 15) is 4.79 Å². The van der Waals surface area contributed by atoms with E-state index in [1.807, 2.05) is 6.92 Å². The molecule has 2 heteroatoms. The zero-order valence-electron chi connectivity index (χ0n) is 11.1. The van der Waals surface area contributed by atoms with Gasteiger partial charge in [-0.25, -0.2) is 0 Å². The first-order valence-corrected chi connectivity index (χ1v) is 6.95. The average Bonchev–Trinajstić information content (AvgIpc) is 2.80. The first-order valence-electron chi connectivity index (χ1n) is 6.95. The highest BCUT2D eigenvalue weighted by molar-refractivity contribution is 5.76. The molecule has 18 heavy (non-hydrogen) atoms. The second-order valence-electron chi connectivity index (χ2n) is 5.56. The molecule has 96 valence electrons. The Bertz CT molecular complexity index is 456. The minimum Gasteiger partial charge on any atom is -0.466 e. The molecule has 0 saturated carbocycles. The Morgan fingerprint density at radius 2 is 2.22 bits per heavy atom. The molecule has 4 atom stereocenters. The molecule has 0 aromatic rings. The largest absolute Gasteiger partial charge is 0.466 e. The summed E-state index contributed by atoms with van der Waals surface area (Å²) in [7, 11) is 0. The lowest BCUT2D eigenvalue weighted by atomic mass is 9.66. The SMILES string of the molecule is CCOC(=O)[C@@H]1C=C[C@@H]2CCC(C)=C3C=C[C@H]1[C@@H]32. The molecule has 0 unspecified atom stereocenters. The molecule has 0 spiro atoms. The van der Waals surface area contributed by atoms with E-state index >= 15 is 0 Å². The normalized spacial score (nSPS) is 36.8. The van der Waals surface area contributed by atoms with Crippen LogP contribution in [0.25, 0.3) is 0 Å². The summed E-state index contributed by atoms with van der Waals surface area (Å²) < 4.78 is 5.20. The smallest absolute Gasteiger partial charge is 0.313 e. The van der Waals surface area contributed by atoms with Gasteiger partial charge in [-0.2, -0.15) is 0 Å². The van der Waals surface area contributed by atoms with Crippen LogP contribution >= 0.6 is 0 Å². The van der Waals surface area contributed by atoms with Gasteiger partial charge in [-0.3, -0.25) is 4.79 Å². The molecule has 0 fully saturated rings. The zero-order valence-corrected chi connectivity index (χ0v) is 11.1. The molecular weight excluding hydrogens is 224 g/mol. The molecule has 0 amide bonds. The van der Waals surface area contributed by atoms with Crippen molar-refractivity contribution in [2.45, 2.75) is 26.7 Å². The van der Waals surface area contributed by atoms with Crippen LogP contribution < -0.4 is 0 Å². The van der Waals surface area contributed by atoms with Crippen LogP contribution in [-0.2, 0) is 9.53 Å². The summed E-state index contributed by atoms with van der Waals surface area (Å²) in [5, 5.41) is 0. The Morgan fingerprint density at radius 3 is 3.00 bits per heavy atom. The number of carbonyl (C=O) groups excluding carboxylic acids is 1. The summed E-state index contributed by atoms with van der Waals surface area (Å²) in [4.78, 5) is 12.0. The van der Waals surface area contributed by atoms with Gasteiger partial charge in [-0.1, -0.05) is 29.9 Å². The summed E-state index contributed by atoms with van der Waals surface area (Å²) in [6.07, 6.45) is 11.2. The quantitative estimate of drug-likeness (QED) is 0.550. The lowest BCUT2D eigenvalue weighted by molar-refractivity contribution is -0.148. The number of hydrogen-bond donors (Lipinski definition) is 0. The maximum atomic E-state index is 12.0. The van der Waals surface area contributed by atoms with Gasteiger partial charge in [0.25, 0.3) is 0 Å². The van der Waals surface area contributed by atoms with Crippen LogP contribution in [0.3, 0.4) is 0 Å². The Morgan fingerprint density at radius 1 is 1.39 bits per heavy atom. The zero-order chi connectivity index (χ0) is 12.7. The summed E-state index contributed by atoms with van der Waals surface area (Å²) in [6, 6.07) is 0. The highest BCUT2D eigenvalue weighted by Gasteiger charge is 2.44. The van der Waals surface area contributed by atoms with Gasteiger partial charge in [0.15, 0.2) is 0 Å². The molecule has 0 aliphatic heterocycles. The van der Waals surface area contributed by atoms with Crippen molar-refractivity contribution in [1.82, 2.24) is 0 Å². The fourth-order valence-corrected chi connectivity index (χ4v) is 3.73. The number of esters is 1. The Hall–Kier alpha value is -1.31. The van der Waals surface area contributed by atoms with E-state index in [0.717, 1.165) is 0 Å². The maximum absolute atomic E-state index is 12.0. The van der Waals surface area contributed by atoms with E-state index < -0.39 is 0 Å². The van der Waals surface area contributed by atoms with Gasteiger partial charge in [0, 0.05) is 5.92 Å². The second-order valence-corrected chi connectivity index (χ2v) is 5.56. The first-order chi connectivity index (χ1) is 8.72. The van der Waals surface area contributed by atoms with Crippen LogP contribution in [0.15, 0.2) is 35.5 Å². The van der Waals surface area contributed by atoms with Crippen molar-refractivity contribution in [2.24, 2.45) is 23.7 Å². The third-order valence-corrected chi connectivity index (χ3v) is 4.62. The standard InChI is InChI=1S/C16H20O2/c1-3-18-16(17)14-7-6-11-5-4-10(2)12-8-9-13(14)15(11)12/h6-9,11,13-15H,3-5H2,1-2H3/t11-,13+,14+,15+/m0/s1. The number of allylic oxidation sites excluding steroid dienone is 5. The van der Waals surface area contributed by atoms with Gasteiger partial charge in [0.1, 0.15) is 0 Å². The molecular formula is C16H20O2. The average molecular weight is 244 g/mol. The molecule has 3 aliphatic rings. The van der Waals surface area contributed by atoms with Crippen molar-refractivity contribution in [1.29, 1.82) is 0 Å². The van der Waals surface area contributed by atoms with Crippen molar-refractivity contribution in [2.75, 3.05) is 6.61 Å². The lowest BCUT2D eigenvalue weighted by Gasteiger charge is -2.38. The molecule has 0 N–H and O–H groups in total. The van der Waals surface area contributed by atoms with Crippen LogP contribution in [0.2, 0.25) is 0 Å². The Balaban J connectivity index is 1.92. The van der Waals surface area contributed by atoms with Crippen LogP contribution in [-0.4, -0.2) is 12.6 Å². The van der Waals surface area contributed by atoms with Gasteiger partial charge in [0.2, 0.25) is 0 Å². The summed E-state index contributed by atoms with van der Waals surface area (Å²) in [5.41, 5.74) is 2.99. The van der Waals surface area contributed by atoms with E-state index in [2.05, 4.69) is 31.2 Å². The van der Waals surface area contributed by atoms with E-state index in [4.69, 9.17) is 4.74 Å². The highest BCUT2D eigenvalue weighted by atomic mass is 16.5. The molecule has 3 rings (SSSR count). The topological polar surface area (TPSA) is 26.3 Å². The van der Waals surface area contributed by atoms with Crippen molar-refractivity contribution in [3.63, 3.8) is 0 Å². The van der Waals surface area contributed by atoms with Crippen molar-refractivity contribution >= 4 is 5.97 Å². The van der Waals surface area contributed by atoms with Crippen molar-refractivity contribution < 1.29 is 9.53 Å². The molecule has 3 aliphatic carbocycles. The van der Waals surface area contributed by atoms with Crippen LogP contribution in [0.5, 0.6) is 0 Å². The van der Waals surface area contributed by atoms with Gasteiger partial charge in [0.05, 0.1) is 12.5 Å². The Labute approximate surface area is 108 Å². The summed E-state index contributed by atoms with van der Waals surface area (Å²) in [5.74, 6) is 1.33. The van der Waals surface area contributed by atoms with Crippen molar-refractivity contribution in [3.8, 4) is 0 Å². The number of carbonyl (C=O) groups is 1. The van der Waals surface area contributed by atoms with E-state index in [1.54, 1.807) is 0 Å². The van der Waals surface area contributed by atoms with Crippen LogP contribution in [0, 0.1) is 23.7 Å². The van der Waals surface area contributed by atoms with E-state index in [0.29, 0.717) is 24.4 Å². The third kappa shape index (κ3) is 1.66. The van der Waals surface area contributed by atoms with E-state index in [1.165, 1.54) is 24.0 Å². The number of hydrogen-bond acceptors (Lipinski definition) is 2. The fraction of sp³-hybridized carbons (Fsp3) is 0.562. The fourth-order valence-electron chi connectivity index (χ4n) is 3.73. The minimum absolute atomic E-state index is 0.0636. The molecule has 0 radical (unpaired) electrons. The monoisotopic (exact) mass is 244 g/mol. The summed E-state index contributed by atoms with van der Waals surface area (Å²) in [6.45, 7) is 4.57. The van der Waals surface area contributed by atoms with Gasteiger partial charge in [-0.05, 0) is 44.1 Å². The second kappa shape index (κ2) is 4.42. The molecule has 0 aromatic heterocycles. The molecule has 0 heterocycles. The van der Waals surface area contributed by atoms with Gasteiger partial charge in [-0.15, -0.1) is 0 Å². The van der Waals surface area contributed by atoms with E-state index in [-0.39, 0.29) is 11.9 Å². The third-order valence-electron chi connectivity index (χ3n) is 4.62. The van der Waals surface area contributed by atoms with Gasteiger partial charge < -0.3 is 4.74 Å². The number of rotatable bonds is 2. The maximum Gasteiger partial charge on any atom is 0.313 e. The minimum atomic E-state index is -0.0779. The van der Waals surface area contributed by atoms with Crippen LogP contribution in [0.4, 0.5) is 0 Å². The highest BCUT2D eigenvalue weighted by Crippen LogP contribution is 2.50. The summed E-state index contributed by atoms with van der Waals surface area (Å²) >= 11 is 0. The van der Waals surface area contributed by atoms with Gasteiger partial charge >= 0.3 is 5.97 Å². The predicted molar refractivity (Wildman–Crippen MR) is 70.8 cm³/mol. The molecule has 0 aromatic carbocycles. The first kappa shape index (κ1) is 11.8. The molecule has 2 nitrogen and oxygen atoms in total. The Kier molecular flexibility index (Phi) is 2.89. The molecule has 0 bridgehead atoms. The lowest BCUT2D eigenvalue weighted by Crippen LogP contribution is -2.35. The predicted octanol–water partition coefficient (Wildman–Crippen LogP) is 3.26. The van der Waals surface area contributed by atoms with Crippen molar-refractivity contribution in [3.05, 3.63) is 35.5 Å². The number of ether oxygens (including phenoxy) is 1. The van der Waals surface area contributed by atoms with Crippen LogP contribution in [0.1, 0.15) is 26.7 Å². The molecule has 0 saturated heterocycles.